The van der Waals surface area contributed by atoms with Crippen molar-refractivity contribution >= 4 is 11.6 Å². The standard InChI is InChI=1S/C16H18N2O2/c1-18(14-8-3-4-9-15(14)20-2)16(19)13-7-5-6-12(10-13)11-17/h3-10H,11,17H2,1-2H3. The summed E-state index contributed by atoms with van der Waals surface area (Å²) in [6, 6.07) is 14.8. The molecule has 2 aromatic rings. The molecule has 0 aliphatic rings. The van der Waals surface area contributed by atoms with Gasteiger partial charge in [-0.2, -0.15) is 0 Å². The number of anilines is 1. The monoisotopic (exact) mass is 270 g/mol. The zero-order valence-electron chi connectivity index (χ0n) is 11.7. The Morgan fingerprint density at radius 2 is 1.95 bits per heavy atom. The minimum atomic E-state index is -0.0928. The molecular weight excluding hydrogens is 252 g/mol. The molecule has 2 aromatic carbocycles. The molecule has 0 fully saturated rings. The number of hydrogen-bond donors (Lipinski definition) is 1. The third-order valence-electron chi connectivity index (χ3n) is 3.16. The van der Waals surface area contributed by atoms with Crippen LogP contribution in [0.25, 0.3) is 0 Å². The predicted octanol–water partition coefficient (Wildman–Crippen LogP) is 2.43. The summed E-state index contributed by atoms with van der Waals surface area (Å²) < 4.78 is 5.28. The zero-order valence-corrected chi connectivity index (χ0v) is 11.7. The first kappa shape index (κ1) is 14.1. The van der Waals surface area contributed by atoms with Crippen molar-refractivity contribution in [2.75, 3.05) is 19.1 Å². The molecule has 4 heteroatoms. The zero-order chi connectivity index (χ0) is 14.5. The smallest absolute Gasteiger partial charge is 0.258 e. The van der Waals surface area contributed by atoms with Crippen LogP contribution in [0.3, 0.4) is 0 Å². The lowest BCUT2D eigenvalue weighted by atomic mass is 10.1. The van der Waals surface area contributed by atoms with Gasteiger partial charge in [-0.15, -0.1) is 0 Å². The van der Waals surface area contributed by atoms with E-state index in [1.807, 2.05) is 42.5 Å². The number of rotatable bonds is 4. The summed E-state index contributed by atoms with van der Waals surface area (Å²) in [6.07, 6.45) is 0. The van der Waals surface area contributed by atoms with Gasteiger partial charge >= 0.3 is 0 Å². The van der Waals surface area contributed by atoms with Crippen LogP contribution in [-0.2, 0) is 6.54 Å². The molecule has 0 heterocycles. The number of benzene rings is 2. The quantitative estimate of drug-likeness (QED) is 0.928. The highest BCUT2D eigenvalue weighted by atomic mass is 16.5. The van der Waals surface area contributed by atoms with E-state index in [-0.39, 0.29) is 5.91 Å². The number of hydrogen-bond acceptors (Lipinski definition) is 3. The molecule has 104 valence electrons. The maximum atomic E-state index is 12.5. The number of nitrogens with two attached hydrogens (primary N) is 1. The second kappa shape index (κ2) is 6.21. The number of para-hydroxylation sites is 2. The molecule has 0 atom stereocenters. The van der Waals surface area contributed by atoms with E-state index in [9.17, 15) is 4.79 Å². The van der Waals surface area contributed by atoms with Crippen molar-refractivity contribution < 1.29 is 9.53 Å². The summed E-state index contributed by atoms with van der Waals surface area (Å²) in [6.45, 7) is 0.416. The Kier molecular flexibility index (Phi) is 4.38. The van der Waals surface area contributed by atoms with E-state index >= 15 is 0 Å². The van der Waals surface area contributed by atoms with Gasteiger partial charge in [0, 0.05) is 19.2 Å². The minimum absolute atomic E-state index is 0.0928. The topological polar surface area (TPSA) is 55.6 Å². The molecule has 2 rings (SSSR count). The predicted molar refractivity (Wildman–Crippen MR) is 80.1 cm³/mol. The van der Waals surface area contributed by atoms with Crippen LogP contribution < -0.4 is 15.4 Å². The van der Waals surface area contributed by atoms with Crippen LogP contribution in [0.15, 0.2) is 48.5 Å². The van der Waals surface area contributed by atoms with Gasteiger partial charge in [0.25, 0.3) is 5.91 Å². The van der Waals surface area contributed by atoms with Crippen molar-refractivity contribution in [1.82, 2.24) is 0 Å². The van der Waals surface area contributed by atoms with Gasteiger partial charge in [-0.3, -0.25) is 4.79 Å². The van der Waals surface area contributed by atoms with Crippen molar-refractivity contribution in [2.24, 2.45) is 5.73 Å². The van der Waals surface area contributed by atoms with Gasteiger partial charge in [0.15, 0.2) is 0 Å². The van der Waals surface area contributed by atoms with Crippen molar-refractivity contribution in [3.63, 3.8) is 0 Å². The van der Waals surface area contributed by atoms with E-state index in [1.165, 1.54) is 0 Å². The molecule has 0 bridgehead atoms. The van der Waals surface area contributed by atoms with Crippen LogP contribution in [-0.4, -0.2) is 20.1 Å². The van der Waals surface area contributed by atoms with Gasteiger partial charge in [-0.25, -0.2) is 0 Å². The number of amides is 1. The Morgan fingerprint density at radius 3 is 2.65 bits per heavy atom. The van der Waals surface area contributed by atoms with Crippen LogP contribution in [0.5, 0.6) is 5.75 Å². The Labute approximate surface area is 118 Å². The van der Waals surface area contributed by atoms with Crippen LogP contribution in [0.4, 0.5) is 5.69 Å². The minimum Gasteiger partial charge on any atom is -0.495 e. The SMILES string of the molecule is COc1ccccc1N(C)C(=O)c1cccc(CN)c1. The van der Waals surface area contributed by atoms with Gasteiger partial charge in [0.05, 0.1) is 12.8 Å². The normalized spacial score (nSPS) is 10.2. The maximum Gasteiger partial charge on any atom is 0.258 e. The number of methoxy groups -OCH3 is 1. The van der Waals surface area contributed by atoms with Crippen LogP contribution in [0.2, 0.25) is 0 Å². The fraction of sp³-hybridized carbons (Fsp3) is 0.188. The molecule has 0 spiro atoms. The average Bonchev–Trinajstić information content (AvgIpc) is 2.53. The molecular formula is C16H18N2O2. The summed E-state index contributed by atoms with van der Waals surface area (Å²) in [5, 5.41) is 0. The Hall–Kier alpha value is -2.33. The van der Waals surface area contributed by atoms with E-state index in [1.54, 1.807) is 25.1 Å². The van der Waals surface area contributed by atoms with Crippen molar-refractivity contribution in [2.45, 2.75) is 6.54 Å². The Morgan fingerprint density at radius 1 is 1.20 bits per heavy atom. The van der Waals surface area contributed by atoms with Crippen molar-refractivity contribution in [3.05, 3.63) is 59.7 Å². The fourth-order valence-corrected chi connectivity index (χ4v) is 2.04. The molecule has 20 heavy (non-hydrogen) atoms. The Balaban J connectivity index is 2.32. The second-order valence-corrected chi connectivity index (χ2v) is 4.44. The molecule has 0 aliphatic carbocycles. The van der Waals surface area contributed by atoms with Crippen molar-refractivity contribution in [1.29, 1.82) is 0 Å². The maximum absolute atomic E-state index is 12.5. The molecule has 1 amide bonds. The lowest BCUT2D eigenvalue weighted by molar-refractivity contribution is 0.0992. The third kappa shape index (κ3) is 2.81. The highest BCUT2D eigenvalue weighted by Crippen LogP contribution is 2.27. The number of nitrogens with zero attached hydrogens (tertiary/aromatic N) is 1. The molecule has 2 N–H and O–H groups in total. The lowest BCUT2D eigenvalue weighted by Gasteiger charge is -2.20. The highest BCUT2D eigenvalue weighted by Gasteiger charge is 2.16. The molecule has 0 radical (unpaired) electrons. The number of carbonyl (C=O) groups is 1. The summed E-state index contributed by atoms with van der Waals surface area (Å²) in [7, 11) is 3.32. The summed E-state index contributed by atoms with van der Waals surface area (Å²) in [5.41, 5.74) is 7.89. The van der Waals surface area contributed by atoms with Gasteiger partial charge in [-0.1, -0.05) is 24.3 Å². The molecule has 0 saturated heterocycles. The van der Waals surface area contributed by atoms with Gasteiger partial charge in [0.1, 0.15) is 5.75 Å². The van der Waals surface area contributed by atoms with Crippen molar-refractivity contribution in [3.8, 4) is 5.75 Å². The molecule has 4 nitrogen and oxygen atoms in total. The first-order chi connectivity index (χ1) is 9.67. The number of ether oxygens (including phenoxy) is 1. The average molecular weight is 270 g/mol. The Bertz CT molecular complexity index is 611. The van der Waals surface area contributed by atoms with E-state index in [4.69, 9.17) is 10.5 Å². The summed E-state index contributed by atoms with van der Waals surface area (Å²) in [4.78, 5) is 14.1. The van der Waals surface area contributed by atoms with Gasteiger partial charge in [-0.05, 0) is 29.8 Å². The second-order valence-electron chi connectivity index (χ2n) is 4.44. The highest BCUT2D eigenvalue weighted by molar-refractivity contribution is 6.06. The third-order valence-corrected chi connectivity index (χ3v) is 3.16. The summed E-state index contributed by atoms with van der Waals surface area (Å²) in [5.74, 6) is 0.572. The van der Waals surface area contributed by atoms with Crippen LogP contribution in [0, 0.1) is 0 Å². The van der Waals surface area contributed by atoms with E-state index in [2.05, 4.69) is 0 Å². The summed E-state index contributed by atoms with van der Waals surface area (Å²) >= 11 is 0. The largest absolute Gasteiger partial charge is 0.495 e. The van der Waals surface area contributed by atoms with Crippen LogP contribution in [0.1, 0.15) is 15.9 Å². The first-order valence-corrected chi connectivity index (χ1v) is 6.37. The fourth-order valence-electron chi connectivity index (χ4n) is 2.04. The van der Waals surface area contributed by atoms with Gasteiger partial charge in [0.2, 0.25) is 0 Å². The molecule has 0 aliphatic heterocycles. The molecule has 0 unspecified atom stereocenters. The molecule has 0 aromatic heterocycles. The molecule has 0 saturated carbocycles. The van der Waals surface area contributed by atoms with E-state index < -0.39 is 0 Å². The number of carbonyl (C=O) groups excluding carboxylic acids is 1. The van der Waals surface area contributed by atoms with E-state index in [0.29, 0.717) is 17.9 Å². The van der Waals surface area contributed by atoms with Gasteiger partial charge < -0.3 is 15.4 Å². The van der Waals surface area contributed by atoms with Crippen LogP contribution >= 0.6 is 0 Å². The first-order valence-electron chi connectivity index (χ1n) is 6.37. The van der Waals surface area contributed by atoms with E-state index in [0.717, 1.165) is 11.3 Å². The lowest BCUT2D eigenvalue weighted by Crippen LogP contribution is -2.26.